The van der Waals surface area contributed by atoms with Crippen molar-refractivity contribution in [1.29, 1.82) is 0 Å². The van der Waals surface area contributed by atoms with E-state index in [1.165, 1.54) is 0 Å². The summed E-state index contributed by atoms with van der Waals surface area (Å²) in [6.45, 7) is 0.841. The highest BCUT2D eigenvalue weighted by atomic mass is 16.5. The van der Waals surface area contributed by atoms with Crippen molar-refractivity contribution in [3.63, 3.8) is 0 Å². The molecule has 1 aliphatic rings. The van der Waals surface area contributed by atoms with Crippen molar-refractivity contribution >= 4 is 17.8 Å². The molecule has 0 saturated heterocycles. The van der Waals surface area contributed by atoms with Crippen LogP contribution in [0.2, 0.25) is 0 Å². The maximum absolute atomic E-state index is 13.2. The van der Waals surface area contributed by atoms with Gasteiger partial charge in [0.2, 0.25) is 11.8 Å². The number of rotatable bonds is 10. The molecule has 2 aromatic rings. The Labute approximate surface area is 218 Å². The van der Waals surface area contributed by atoms with E-state index in [1.54, 1.807) is 0 Å². The van der Waals surface area contributed by atoms with Gasteiger partial charge in [-0.15, -0.1) is 0 Å². The topological polar surface area (TPSA) is 114 Å². The zero-order valence-corrected chi connectivity index (χ0v) is 21.0. The van der Waals surface area contributed by atoms with Crippen molar-refractivity contribution in [3.8, 4) is 0 Å². The molecule has 0 aromatic heterocycles. The molecule has 3 atom stereocenters. The lowest BCUT2D eigenvalue weighted by molar-refractivity contribution is -0.154. The fourth-order valence-electron chi connectivity index (χ4n) is 4.16. The van der Waals surface area contributed by atoms with Gasteiger partial charge in [0, 0.05) is 13.0 Å². The number of benzene rings is 2. The molecule has 198 valence electrons. The van der Waals surface area contributed by atoms with Crippen molar-refractivity contribution in [2.45, 2.75) is 31.8 Å². The summed E-state index contributed by atoms with van der Waals surface area (Å²) in [6, 6.07) is 19.2. The highest BCUT2D eigenvalue weighted by Crippen LogP contribution is 2.23. The van der Waals surface area contributed by atoms with Crippen molar-refractivity contribution in [3.05, 3.63) is 83.9 Å². The Bertz CT molecular complexity index is 1010. The van der Waals surface area contributed by atoms with Crippen LogP contribution in [0.4, 0.5) is 0 Å². The first-order chi connectivity index (χ1) is 18.1. The molecule has 0 aliphatic carbocycles. The summed E-state index contributed by atoms with van der Waals surface area (Å²) in [5.41, 5.74) is 1.84. The van der Waals surface area contributed by atoms with Gasteiger partial charge in [0.05, 0.1) is 38.2 Å². The number of hydrogen-bond donors (Lipinski definition) is 3. The number of hydrogen-bond acceptors (Lipinski definition) is 6. The predicted octanol–water partition coefficient (Wildman–Crippen LogP) is 2.73. The number of aliphatic hydroxyl groups excluding tert-OH is 1. The van der Waals surface area contributed by atoms with Gasteiger partial charge in [0.15, 0.2) is 0 Å². The van der Waals surface area contributed by atoms with Gasteiger partial charge in [0.1, 0.15) is 6.10 Å². The minimum Gasteiger partial charge on any atom is -0.455 e. The van der Waals surface area contributed by atoms with Crippen LogP contribution in [0.15, 0.2) is 72.8 Å². The molecular formula is C29H36N2O6. The van der Waals surface area contributed by atoms with E-state index in [1.807, 2.05) is 72.8 Å². The van der Waals surface area contributed by atoms with Crippen molar-refractivity contribution < 1.29 is 29.0 Å². The third kappa shape index (κ3) is 9.82. The summed E-state index contributed by atoms with van der Waals surface area (Å²) < 4.78 is 11.1. The van der Waals surface area contributed by atoms with Crippen LogP contribution in [0, 0.1) is 11.8 Å². The third-order valence-corrected chi connectivity index (χ3v) is 6.16. The molecule has 0 saturated carbocycles. The maximum Gasteiger partial charge on any atom is 0.310 e. The van der Waals surface area contributed by atoms with E-state index in [2.05, 4.69) is 10.6 Å². The molecule has 8 heteroatoms. The fourth-order valence-corrected chi connectivity index (χ4v) is 4.16. The number of cyclic esters (lactones) is 1. The molecule has 3 N–H and O–H groups in total. The van der Waals surface area contributed by atoms with Crippen LogP contribution in [0.5, 0.6) is 0 Å². The zero-order chi connectivity index (χ0) is 26.3. The molecule has 0 bridgehead atoms. The lowest BCUT2D eigenvalue weighted by Gasteiger charge is -2.24. The standard InChI is InChI=1S/C29H36N2O6/c32-16-18-36-17-15-30-27(33)20-24-13-7-8-14-25(19-22-9-3-1-4-10-22)29(35)37-26(21-31-28(24)34)23-11-5-2-6-12-23/h1-12,24-26,32H,13-21H2,(H,30,33)(H,31,34)/t24-,25-,26+/m1/s1. The Hall–Kier alpha value is -3.49. The van der Waals surface area contributed by atoms with Gasteiger partial charge in [-0.05, 0) is 30.4 Å². The first-order valence-electron chi connectivity index (χ1n) is 12.7. The van der Waals surface area contributed by atoms with Crippen LogP contribution in [0.1, 0.15) is 36.5 Å². The molecule has 3 rings (SSSR count). The van der Waals surface area contributed by atoms with Gasteiger partial charge in [0.25, 0.3) is 0 Å². The van der Waals surface area contributed by atoms with Gasteiger partial charge in [-0.2, -0.15) is 0 Å². The molecule has 0 unspecified atom stereocenters. The number of nitrogens with one attached hydrogen (secondary N) is 2. The van der Waals surface area contributed by atoms with E-state index in [9.17, 15) is 14.4 Å². The molecule has 1 heterocycles. The van der Waals surface area contributed by atoms with Crippen molar-refractivity contribution in [1.82, 2.24) is 10.6 Å². The van der Waals surface area contributed by atoms with Gasteiger partial charge in [-0.1, -0.05) is 72.8 Å². The number of ether oxygens (including phenoxy) is 2. The SMILES string of the molecule is O=C(C[C@H]1CC=CC[C@H](Cc2ccccc2)C(=O)O[C@H](c2ccccc2)CNC1=O)NCCOCCO. The second-order valence-corrected chi connectivity index (χ2v) is 9.00. The van der Waals surface area contributed by atoms with E-state index in [0.717, 1.165) is 11.1 Å². The van der Waals surface area contributed by atoms with Crippen LogP contribution < -0.4 is 10.6 Å². The monoisotopic (exact) mass is 508 g/mol. The van der Waals surface area contributed by atoms with Crippen LogP contribution in [0.25, 0.3) is 0 Å². The normalized spacial score (nSPS) is 20.7. The Morgan fingerprint density at radius 1 is 0.973 bits per heavy atom. The summed E-state index contributed by atoms with van der Waals surface area (Å²) in [5, 5.41) is 14.4. The summed E-state index contributed by atoms with van der Waals surface area (Å²) >= 11 is 0. The van der Waals surface area contributed by atoms with Gasteiger partial charge >= 0.3 is 5.97 Å². The van der Waals surface area contributed by atoms with Crippen LogP contribution in [-0.2, 0) is 30.3 Å². The molecule has 1 aliphatic heterocycles. The van der Waals surface area contributed by atoms with Crippen LogP contribution in [0.3, 0.4) is 0 Å². The average molecular weight is 509 g/mol. The molecule has 0 fully saturated rings. The van der Waals surface area contributed by atoms with Crippen molar-refractivity contribution in [2.75, 3.05) is 32.9 Å². The first-order valence-corrected chi connectivity index (χ1v) is 12.7. The number of aliphatic hydroxyl groups is 1. The Morgan fingerprint density at radius 2 is 1.65 bits per heavy atom. The minimum atomic E-state index is -0.641. The lowest BCUT2D eigenvalue weighted by atomic mass is 9.94. The Kier molecular flexibility index (Phi) is 11.8. The molecule has 2 aromatic carbocycles. The van der Waals surface area contributed by atoms with Gasteiger partial charge in [-0.3, -0.25) is 14.4 Å². The number of allylic oxidation sites excluding steroid dienone is 2. The Morgan fingerprint density at radius 3 is 2.35 bits per heavy atom. The number of amides is 2. The highest BCUT2D eigenvalue weighted by Gasteiger charge is 2.27. The number of esters is 1. The largest absolute Gasteiger partial charge is 0.455 e. The molecular weight excluding hydrogens is 472 g/mol. The maximum atomic E-state index is 13.2. The second-order valence-electron chi connectivity index (χ2n) is 9.00. The second kappa shape index (κ2) is 15.6. The molecule has 2 amide bonds. The first kappa shape index (κ1) is 28.1. The highest BCUT2D eigenvalue weighted by molar-refractivity contribution is 5.86. The van der Waals surface area contributed by atoms with Gasteiger partial charge < -0.3 is 25.2 Å². The summed E-state index contributed by atoms with van der Waals surface area (Å²) in [6.07, 6.45) is 4.54. The smallest absolute Gasteiger partial charge is 0.310 e. The number of carbonyl (C=O) groups excluding carboxylic acids is 3. The molecule has 0 radical (unpaired) electrons. The average Bonchev–Trinajstić information content (AvgIpc) is 2.92. The fraction of sp³-hybridized carbons (Fsp3) is 0.414. The zero-order valence-electron chi connectivity index (χ0n) is 21.0. The van der Waals surface area contributed by atoms with E-state index in [-0.39, 0.29) is 56.5 Å². The minimum absolute atomic E-state index is 0.0272. The summed E-state index contributed by atoms with van der Waals surface area (Å²) in [5.74, 6) is -1.76. The van der Waals surface area contributed by atoms with E-state index < -0.39 is 12.0 Å². The molecule has 37 heavy (non-hydrogen) atoms. The van der Waals surface area contributed by atoms with Gasteiger partial charge in [-0.25, -0.2) is 0 Å². The van der Waals surface area contributed by atoms with E-state index >= 15 is 0 Å². The lowest BCUT2D eigenvalue weighted by Crippen LogP contribution is -2.38. The Balaban J connectivity index is 1.73. The van der Waals surface area contributed by atoms with Crippen LogP contribution >= 0.6 is 0 Å². The van der Waals surface area contributed by atoms with E-state index in [0.29, 0.717) is 25.8 Å². The molecule has 0 spiro atoms. The summed E-state index contributed by atoms with van der Waals surface area (Å²) in [4.78, 5) is 38.7. The van der Waals surface area contributed by atoms with Crippen molar-refractivity contribution in [2.24, 2.45) is 11.8 Å². The quantitative estimate of drug-likeness (QED) is 0.258. The third-order valence-electron chi connectivity index (χ3n) is 6.16. The predicted molar refractivity (Wildman–Crippen MR) is 139 cm³/mol. The molecule has 8 nitrogen and oxygen atoms in total. The summed E-state index contributed by atoms with van der Waals surface area (Å²) in [7, 11) is 0. The van der Waals surface area contributed by atoms with Crippen LogP contribution in [-0.4, -0.2) is 55.8 Å². The van der Waals surface area contributed by atoms with E-state index in [4.69, 9.17) is 14.6 Å². The number of carbonyl (C=O) groups is 3.